The van der Waals surface area contributed by atoms with Crippen molar-refractivity contribution in [3.63, 3.8) is 0 Å². The third-order valence-corrected chi connectivity index (χ3v) is 6.56. The molecule has 1 amide bonds. The minimum absolute atomic E-state index is 0.175. The van der Waals surface area contributed by atoms with Gasteiger partial charge in [0.05, 0.1) is 23.5 Å². The number of carbonyl (C=O) groups is 1. The fourth-order valence-electron chi connectivity index (χ4n) is 5.26. The molecule has 7 nitrogen and oxygen atoms in total. The number of ether oxygens (including phenoxy) is 1. The van der Waals surface area contributed by atoms with Crippen molar-refractivity contribution in [2.45, 2.75) is 31.5 Å². The van der Waals surface area contributed by atoms with Crippen molar-refractivity contribution in [1.82, 2.24) is 10.3 Å². The van der Waals surface area contributed by atoms with E-state index in [2.05, 4.69) is 21.3 Å². The van der Waals surface area contributed by atoms with E-state index in [0.29, 0.717) is 23.8 Å². The molecule has 0 saturated carbocycles. The van der Waals surface area contributed by atoms with Crippen molar-refractivity contribution >= 4 is 11.7 Å². The summed E-state index contributed by atoms with van der Waals surface area (Å²) < 4.78 is 11.7. The minimum atomic E-state index is -0.190. The van der Waals surface area contributed by atoms with Gasteiger partial charge in [-0.2, -0.15) is 5.26 Å². The van der Waals surface area contributed by atoms with E-state index in [0.717, 1.165) is 37.3 Å². The van der Waals surface area contributed by atoms with Crippen LogP contribution in [0.3, 0.4) is 0 Å². The smallest absolute Gasteiger partial charge is 0.287 e. The second-order valence-corrected chi connectivity index (χ2v) is 8.04. The van der Waals surface area contributed by atoms with Gasteiger partial charge < -0.3 is 19.4 Å². The molecule has 3 fully saturated rings. The molecule has 2 aromatic heterocycles. The van der Waals surface area contributed by atoms with Crippen LogP contribution in [0.25, 0.3) is 0 Å². The number of amides is 1. The van der Waals surface area contributed by atoms with Gasteiger partial charge in [-0.3, -0.25) is 4.79 Å². The monoisotopic (exact) mass is 378 g/mol. The van der Waals surface area contributed by atoms with Gasteiger partial charge in [-0.05, 0) is 38.0 Å². The van der Waals surface area contributed by atoms with Gasteiger partial charge in [0.15, 0.2) is 5.76 Å². The predicted molar refractivity (Wildman–Crippen MR) is 101 cm³/mol. The maximum absolute atomic E-state index is 12.4. The minimum Gasteiger partial charge on any atom is -0.459 e. The molecule has 0 aliphatic carbocycles. The standard InChI is InChI=1S/C21H22N4O3/c1-13-5-8-27-18(13)20(26)24-10-15-16-11-25(12-21(16)6-4-17(15)28-21)19-14(9-22)3-2-7-23-19/h2-3,5,7-8,15-17H,4,6,10-12H2,1H3,(H,24,26)/t15-,16+,17+,21+/m0/s1. The lowest BCUT2D eigenvalue weighted by Crippen LogP contribution is -2.41. The first-order valence-corrected chi connectivity index (χ1v) is 9.71. The highest BCUT2D eigenvalue weighted by Crippen LogP contribution is 2.55. The molecule has 0 radical (unpaired) electrons. The molecular weight excluding hydrogens is 356 g/mol. The van der Waals surface area contributed by atoms with Crippen LogP contribution >= 0.6 is 0 Å². The van der Waals surface area contributed by atoms with Gasteiger partial charge in [0, 0.05) is 43.2 Å². The largest absolute Gasteiger partial charge is 0.459 e. The zero-order chi connectivity index (χ0) is 19.3. The summed E-state index contributed by atoms with van der Waals surface area (Å²) in [6.45, 7) is 3.98. The fraction of sp³-hybridized carbons (Fsp3) is 0.476. The van der Waals surface area contributed by atoms with Gasteiger partial charge in [-0.25, -0.2) is 4.98 Å². The molecule has 1 spiro atoms. The second-order valence-electron chi connectivity index (χ2n) is 8.04. The number of nitrogens with one attached hydrogen (secondary N) is 1. The maximum Gasteiger partial charge on any atom is 0.287 e. The predicted octanol–water partition coefficient (Wildman–Crippen LogP) is 2.27. The van der Waals surface area contributed by atoms with E-state index in [1.807, 2.05) is 6.92 Å². The Morgan fingerprint density at radius 2 is 2.39 bits per heavy atom. The van der Waals surface area contributed by atoms with Gasteiger partial charge in [-0.15, -0.1) is 0 Å². The summed E-state index contributed by atoms with van der Waals surface area (Å²) in [4.78, 5) is 19.1. The van der Waals surface area contributed by atoms with E-state index in [1.165, 1.54) is 6.26 Å². The van der Waals surface area contributed by atoms with Crippen LogP contribution in [0.1, 0.15) is 34.5 Å². The highest BCUT2D eigenvalue weighted by Gasteiger charge is 2.63. The van der Waals surface area contributed by atoms with Crippen LogP contribution in [0.4, 0.5) is 5.82 Å². The van der Waals surface area contributed by atoms with Crippen LogP contribution in [-0.4, -0.2) is 42.2 Å². The number of aromatic nitrogens is 1. The zero-order valence-electron chi connectivity index (χ0n) is 15.7. The number of furan rings is 1. The van der Waals surface area contributed by atoms with Gasteiger partial charge in [-0.1, -0.05) is 0 Å². The summed E-state index contributed by atoms with van der Waals surface area (Å²) in [5.74, 6) is 1.50. The fourth-order valence-corrected chi connectivity index (χ4v) is 5.26. The van der Waals surface area contributed by atoms with Crippen molar-refractivity contribution < 1.29 is 13.9 Å². The highest BCUT2D eigenvalue weighted by molar-refractivity contribution is 5.92. The van der Waals surface area contributed by atoms with E-state index in [4.69, 9.17) is 9.15 Å². The molecule has 144 valence electrons. The number of hydrogen-bond donors (Lipinski definition) is 1. The van der Waals surface area contributed by atoms with Crippen LogP contribution in [0.5, 0.6) is 0 Å². The quantitative estimate of drug-likeness (QED) is 0.878. The average Bonchev–Trinajstić information content (AvgIpc) is 3.46. The number of fused-ring (bicyclic) bond motifs is 1. The summed E-state index contributed by atoms with van der Waals surface area (Å²) >= 11 is 0. The third-order valence-electron chi connectivity index (χ3n) is 6.56. The number of carbonyl (C=O) groups excluding carboxylic acids is 1. The molecule has 3 saturated heterocycles. The molecule has 0 aromatic carbocycles. The van der Waals surface area contributed by atoms with Crippen molar-refractivity contribution in [2.24, 2.45) is 11.8 Å². The Kier molecular flexibility index (Phi) is 3.91. The van der Waals surface area contributed by atoms with Crippen LogP contribution in [0.15, 0.2) is 35.1 Å². The Bertz CT molecular complexity index is 965. The number of rotatable bonds is 4. The number of hydrogen-bond acceptors (Lipinski definition) is 6. The molecule has 0 unspecified atom stereocenters. The summed E-state index contributed by atoms with van der Waals surface area (Å²) in [6.07, 6.45) is 5.48. The van der Waals surface area contributed by atoms with Gasteiger partial charge in [0.1, 0.15) is 11.9 Å². The molecule has 2 aromatic rings. The normalized spacial score (nSPS) is 30.3. The summed E-state index contributed by atoms with van der Waals surface area (Å²) in [7, 11) is 0. The van der Waals surface area contributed by atoms with Crippen LogP contribution in [-0.2, 0) is 4.74 Å². The van der Waals surface area contributed by atoms with Crippen molar-refractivity contribution in [2.75, 3.05) is 24.5 Å². The summed E-state index contributed by atoms with van der Waals surface area (Å²) in [6, 6.07) is 7.62. The van der Waals surface area contributed by atoms with Crippen LogP contribution < -0.4 is 10.2 Å². The SMILES string of the molecule is Cc1ccoc1C(=O)NC[C@H]1[C@H]2CN(c3ncccc3C#N)C[C@]23CC[C@H]1O3. The Morgan fingerprint density at radius 3 is 3.18 bits per heavy atom. The van der Waals surface area contributed by atoms with Crippen molar-refractivity contribution in [3.8, 4) is 6.07 Å². The summed E-state index contributed by atoms with van der Waals surface area (Å²) in [5, 5.41) is 12.5. The lowest BCUT2D eigenvalue weighted by atomic mass is 9.73. The van der Waals surface area contributed by atoms with Gasteiger partial charge >= 0.3 is 0 Å². The molecule has 1 N–H and O–H groups in total. The topological polar surface area (TPSA) is 91.4 Å². The molecule has 3 aliphatic heterocycles. The molecule has 5 heterocycles. The van der Waals surface area contributed by atoms with E-state index in [9.17, 15) is 10.1 Å². The summed E-state index contributed by atoms with van der Waals surface area (Å²) in [5.41, 5.74) is 1.24. The Labute approximate surface area is 163 Å². The number of anilines is 1. The highest BCUT2D eigenvalue weighted by atomic mass is 16.5. The van der Waals surface area contributed by atoms with E-state index in [1.54, 1.807) is 24.4 Å². The van der Waals surface area contributed by atoms with E-state index >= 15 is 0 Å². The third kappa shape index (κ3) is 2.52. The first kappa shape index (κ1) is 17.3. The Hall–Kier alpha value is -2.85. The maximum atomic E-state index is 12.4. The van der Waals surface area contributed by atoms with Crippen molar-refractivity contribution in [1.29, 1.82) is 5.26 Å². The molecule has 4 atom stereocenters. The number of nitrogens with zero attached hydrogens (tertiary/aromatic N) is 3. The van der Waals surface area contributed by atoms with Crippen LogP contribution in [0.2, 0.25) is 0 Å². The van der Waals surface area contributed by atoms with E-state index < -0.39 is 0 Å². The molecule has 28 heavy (non-hydrogen) atoms. The molecule has 3 aliphatic rings. The Morgan fingerprint density at radius 1 is 1.50 bits per heavy atom. The first-order chi connectivity index (χ1) is 13.6. The first-order valence-electron chi connectivity index (χ1n) is 9.71. The number of nitriles is 1. The zero-order valence-corrected chi connectivity index (χ0v) is 15.7. The second kappa shape index (κ2) is 6.35. The van der Waals surface area contributed by atoms with Crippen LogP contribution in [0, 0.1) is 30.1 Å². The molecule has 7 heteroatoms. The van der Waals surface area contributed by atoms with Crippen molar-refractivity contribution in [3.05, 3.63) is 47.5 Å². The number of aryl methyl sites for hydroxylation is 1. The van der Waals surface area contributed by atoms with Gasteiger partial charge in [0.2, 0.25) is 0 Å². The molecule has 2 bridgehead atoms. The molecular formula is C21H22N4O3. The average molecular weight is 378 g/mol. The van der Waals surface area contributed by atoms with Gasteiger partial charge in [0.25, 0.3) is 5.91 Å². The lowest BCUT2D eigenvalue weighted by molar-refractivity contribution is 0.0141. The number of pyridine rings is 1. The molecule has 5 rings (SSSR count). The van der Waals surface area contributed by atoms with E-state index in [-0.39, 0.29) is 23.5 Å². The Balaban J connectivity index is 1.33. The lowest BCUT2D eigenvalue weighted by Gasteiger charge is -2.29.